The van der Waals surface area contributed by atoms with Crippen LogP contribution in [0.4, 0.5) is 0 Å². The molecule has 2 rings (SSSR count). The average molecular weight is 333 g/mol. The molecule has 108 valence electrons. The van der Waals surface area contributed by atoms with Crippen molar-refractivity contribution in [1.29, 1.82) is 0 Å². The molecule has 0 saturated carbocycles. The molecule has 1 atom stereocenters. The van der Waals surface area contributed by atoms with Gasteiger partial charge in [0, 0.05) is 5.56 Å². The molecule has 0 aliphatic carbocycles. The zero-order valence-corrected chi connectivity index (χ0v) is 13.6. The zero-order valence-electron chi connectivity index (χ0n) is 11.3. The summed E-state index contributed by atoms with van der Waals surface area (Å²) in [4.78, 5) is 0. The lowest BCUT2D eigenvalue weighted by molar-refractivity contribution is 0.439. The third-order valence-electron chi connectivity index (χ3n) is 3.03. The Labute approximate surface area is 134 Å². The second-order valence-electron chi connectivity index (χ2n) is 4.62. The molecule has 1 unspecified atom stereocenters. The molecule has 0 radical (unpaired) electrons. The highest BCUT2D eigenvalue weighted by Gasteiger charge is 2.14. The Bertz CT molecular complexity index is 595. The van der Waals surface area contributed by atoms with Gasteiger partial charge in [-0.2, -0.15) is 0 Å². The van der Waals surface area contributed by atoms with Crippen molar-refractivity contribution in [3.8, 4) is 11.3 Å². The van der Waals surface area contributed by atoms with Crippen molar-refractivity contribution in [2.75, 3.05) is 6.54 Å². The number of hydrogen-bond donors (Lipinski definition) is 1. The Kier molecular flexibility index (Phi) is 5.39. The van der Waals surface area contributed by atoms with Gasteiger partial charge in [-0.05, 0) is 44.2 Å². The molecule has 1 N–H and O–H groups in total. The number of halogens is 3. The van der Waals surface area contributed by atoms with Gasteiger partial charge in [-0.1, -0.05) is 41.7 Å². The van der Waals surface area contributed by atoms with Crippen molar-refractivity contribution in [3.05, 3.63) is 45.1 Å². The van der Waals surface area contributed by atoms with E-state index in [-0.39, 0.29) is 6.04 Å². The predicted octanol–water partition coefficient (Wildman–Crippen LogP) is 5.97. The molecule has 0 spiro atoms. The van der Waals surface area contributed by atoms with Crippen LogP contribution in [0.2, 0.25) is 15.1 Å². The van der Waals surface area contributed by atoms with Crippen molar-refractivity contribution in [2.45, 2.75) is 26.3 Å². The maximum Gasteiger partial charge on any atom is 0.135 e. The predicted molar refractivity (Wildman–Crippen MR) is 85.9 cm³/mol. The fraction of sp³-hybridized carbons (Fsp3) is 0.333. The molecule has 1 aromatic heterocycles. The molecule has 5 heteroatoms. The fourth-order valence-electron chi connectivity index (χ4n) is 1.90. The summed E-state index contributed by atoms with van der Waals surface area (Å²) < 4.78 is 5.86. The molecule has 2 nitrogen and oxygen atoms in total. The lowest BCUT2D eigenvalue weighted by Crippen LogP contribution is -2.18. The van der Waals surface area contributed by atoms with Crippen LogP contribution in [0, 0.1) is 0 Å². The van der Waals surface area contributed by atoms with Crippen LogP contribution in [0.1, 0.15) is 32.1 Å². The van der Waals surface area contributed by atoms with Crippen LogP contribution >= 0.6 is 34.8 Å². The Morgan fingerprint density at radius 3 is 2.50 bits per heavy atom. The molecule has 0 aliphatic rings. The Hall–Kier alpha value is -0.670. The van der Waals surface area contributed by atoms with E-state index in [0.29, 0.717) is 20.8 Å². The number of nitrogens with one attached hydrogen (secondary N) is 1. The third-order valence-corrected chi connectivity index (χ3v) is 4.06. The second kappa shape index (κ2) is 6.86. The van der Waals surface area contributed by atoms with Crippen LogP contribution in [0.15, 0.2) is 28.7 Å². The van der Waals surface area contributed by atoms with Crippen LogP contribution in [-0.2, 0) is 0 Å². The van der Waals surface area contributed by atoms with Crippen molar-refractivity contribution < 1.29 is 4.42 Å². The van der Waals surface area contributed by atoms with Gasteiger partial charge in [-0.3, -0.25) is 0 Å². The van der Waals surface area contributed by atoms with Crippen LogP contribution in [-0.4, -0.2) is 6.54 Å². The molecular weight excluding hydrogens is 317 g/mol. The van der Waals surface area contributed by atoms with Gasteiger partial charge in [0.15, 0.2) is 0 Å². The van der Waals surface area contributed by atoms with Gasteiger partial charge in [0.25, 0.3) is 0 Å². The summed E-state index contributed by atoms with van der Waals surface area (Å²) in [5.74, 6) is 1.56. The highest BCUT2D eigenvalue weighted by molar-refractivity contribution is 6.44. The molecule has 1 aromatic carbocycles. The summed E-state index contributed by atoms with van der Waals surface area (Å²) in [5, 5.41) is 4.79. The first-order chi connectivity index (χ1) is 9.52. The van der Waals surface area contributed by atoms with Crippen molar-refractivity contribution >= 4 is 34.8 Å². The summed E-state index contributed by atoms with van der Waals surface area (Å²) in [6.45, 7) is 5.14. The Balaban J connectivity index is 2.27. The average Bonchev–Trinajstić information content (AvgIpc) is 2.89. The molecule has 0 fully saturated rings. The number of rotatable bonds is 5. The van der Waals surface area contributed by atoms with Crippen LogP contribution in [0.3, 0.4) is 0 Å². The van der Waals surface area contributed by atoms with Gasteiger partial charge in [0.1, 0.15) is 11.5 Å². The summed E-state index contributed by atoms with van der Waals surface area (Å²) in [7, 11) is 0. The van der Waals surface area contributed by atoms with Gasteiger partial charge >= 0.3 is 0 Å². The smallest absolute Gasteiger partial charge is 0.135 e. The van der Waals surface area contributed by atoms with E-state index >= 15 is 0 Å². The molecule has 0 saturated heterocycles. The lowest BCUT2D eigenvalue weighted by Gasteiger charge is -2.10. The number of hydrogen-bond acceptors (Lipinski definition) is 2. The first kappa shape index (κ1) is 15.7. The zero-order chi connectivity index (χ0) is 14.7. The summed E-state index contributed by atoms with van der Waals surface area (Å²) in [6.07, 6.45) is 1.08. The van der Waals surface area contributed by atoms with Gasteiger partial charge < -0.3 is 9.73 Å². The SMILES string of the molecule is CCCNC(C)c1ccc(-c2cc(Cl)c(Cl)cc2Cl)o1. The van der Waals surface area contributed by atoms with E-state index in [1.807, 2.05) is 12.1 Å². The summed E-state index contributed by atoms with van der Waals surface area (Å²) >= 11 is 18.1. The van der Waals surface area contributed by atoms with Crippen LogP contribution in [0.5, 0.6) is 0 Å². The van der Waals surface area contributed by atoms with E-state index in [1.165, 1.54) is 0 Å². The first-order valence-corrected chi connectivity index (χ1v) is 7.64. The van der Waals surface area contributed by atoms with Crippen molar-refractivity contribution in [1.82, 2.24) is 5.32 Å². The van der Waals surface area contributed by atoms with E-state index in [1.54, 1.807) is 12.1 Å². The molecule has 1 heterocycles. The molecular formula is C15H16Cl3NO. The minimum atomic E-state index is 0.158. The lowest BCUT2D eigenvalue weighted by atomic mass is 10.2. The molecule has 0 aliphatic heterocycles. The third kappa shape index (κ3) is 3.50. The van der Waals surface area contributed by atoms with E-state index in [9.17, 15) is 0 Å². The summed E-state index contributed by atoms with van der Waals surface area (Å²) in [6, 6.07) is 7.35. The normalized spacial score (nSPS) is 12.7. The monoisotopic (exact) mass is 331 g/mol. The minimum absolute atomic E-state index is 0.158. The quantitative estimate of drug-likeness (QED) is 0.683. The fourth-order valence-corrected chi connectivity index (χ4v) is 2.54. The summed E-state index contributed by atoms with van der Waals surface area (Å²) in [5.41, 5.74) is 0.745. The van der Waals surface area contributed by atoms with Gasteiger partial charge in [0.2, 0.25) is 0 Å². The maximum absolute atomic E-state index is 6.19. The largest absolute Gasteiger partial charge is 0.459 e. The molecule has 20 heavy (non-hydrogen) atoms. The number of benzene rings is 1. The van der Waals surface area contributed by atoms with Crippen molar-refractivity contribution in [3.63, 3.8) is 0 Å². The van der Waals surface area contributed by atoms with Crippen molar-refractivity contribution in [2.24, 2.45) is 0 Å². The Morgan fingerprint density at radius 1 is 1.10 bits per heavy atom. The Morgan fingerprint density at radius 2 is 1.80 bits per heavy atom. The van der Waals surface area contributed by atoms with Gasteiger partial charge in [-0.15, -0.1) is 0 Å². The van der Waals surface area contributed by atoms with Crippen LogP contribution in [0.25, 0.3) is 11.3 Å². The minimum Gasteiger partial charge on any atom is -0.459 e. The maximum atomic E-state index is 6.19. The van der Waals surface area contributed by atoms with E-state index in [4.69, 9.17) is 39.2 Å². The van der Waals surface area contributed by atoms with E-state index in [2.05, 4.69) is 19.2 Å². The first-order valence-electron chi connectivity index (χ1n) is 6.51. The van der Waals surface area contributed by atoms with Gasteiger partial charge in [-0.25, -0.2) is 0 Å². The number of furan rings is 1. The molecule has 0 bridgehead atoms. The van der Waals surface area contributed by atoms with E-state index < -0.39 is 0 Å². The molecule has 2 aromatic rings. The highest BCUT2D eigenvalue weighted by Crippen LogP contribution is 2.36. The van der Waals surface area contributed by atoms with Gasteiger partial charge in [0.05, 0.1) is 21.1 Å². The molecule has 0 amide bonds. The van der Waals surface area contributed by atoms with Crippen LogP contribution < -0.4 is 5.32 Å². The second-order valence-corrected chi connectivity index (χ2v) is 5.85. The topological polar surface area (TPSA) is 25.2 Å². The highest BCUT2D eigenvalue weighted by atomic mass is 35.5. The standard InChI is InChI=1S/C15H16Cl3NO/c1-3-6-19-9(2)14-4-5-15(20-14)10-7-12(17)13(18)8-11(10)16/h4-5,7-9,19H,3,6H2,1-2H3. The van der Waals surface area contributed by atoms with E-state index in [0.717, 1.165) is 24.3 Å².